The second-order valence-corrected chi connectivity index (χ2v) is 4.85. The molecular formula is C12H22F3N3O2. The zero-order chi connectivity index (χ0) is 15.9. The van der Waals surface area contributed by atoms with Crippen LogP contribution in [0.1, 0.15) is 26.2 Å². The number of hydrogen-bond acceptors (Lipinski definition) is 3. The maximum Gasteiger partial charge on any atom is 0.406 e. The molecule has 0 unspecified atom stereocenters. The maximum absolute atomic E-state index is 12.5. The van der Waals surface area contributed by atoms with Crippen LogP contribution in [0.5, 0.6) is 0 Å². The van der Waals surface area contributed by atoms with E-state index in [1.54, 1.807) is 0 Å². The van der Waals surface area contributed by atoms with Gasteiger partial charge in [-0.25, -0.2) is 0 Å². The fourth-order valence-corrected chi connectivity index (χ4v) is 1.51. The Morgan fingerprint density at radius 2 is 1.80 bits per heavy atom. The van der Waals surface area contributed by atoms with Crippen molar-refractivity contribution in [3.05, 3.63) is 0 Å². The van der Waals surface area contributed by atoms with Gasteiger partial charge in [0.25, 0.3) is 0 Å². The number of rotatable bonds is 7. The summed E-state index contributed by atoms with van der Waals surface area (Å²) in [6, 6.07) is -1.01. The lowest BCUT2D eigenvalue weighted by molar-refractivity contribution is -0.164. The molecule has 0 aromatic rings. The third kappa shape index (κ3) is 7.32. The fourth-order valence-electron chi connectivity index (χ4n) is 1.51. The summed E-state index contributed by atoms with van der Waals surface area (Å²) >= 11 is 0. The number of halogens is 3. The van der Waals surface area contributed by atoms with Crippen molar-refractivity contribution in [3.63, 3.8) is 0 Å². The van der Waals surface area contributed by atoms with Crippen LogP contribution in [-0.4, -0.2) is 61.0 Å². The van der Waals surface area contributed by atoms with Crippen LogP contribution in [0, 0.1) is 0 Å². The van der Waals surface area contributed by atoms with Gasteiger partial charge in [-0.05, 0) is 6.42 Å². The molecule has 0 heterocycles. The molecular weight excluding hydrogens is 275 g/mol. The molecule has 0 radical (unpaired) electrons. The Hall–Kier alpha value is -1.31. The van der Waals surface area contributed by atoms with E-state index in [-0.39, 0.29) is 0 Å². The van der Waals surface area contributed by atoms with E-state index in [9.17, 15) is 22.8 Å². The molecule has 0 aliphatic carbocycles. The van der Waals surface area contributed by atoms with Crippen molar-refractivity contribution in [2.45, 2.75) is 38.4 Å². The fraction of sp³-hybridized carbons (Fsp3) is 0.833. The number of likely N-dealkylation sites (N-methyl/N-ethyl adjacent to an activating group) is 1. The second kappa shape index (κ2) is 8.08. The number of amides is 2. The number of hydrogen-bond donors (Lipinski definition) is 1. The third-order valence-electron chi connectivity index (χ3n) is 2.69. The molecule has 0 saturated carbocycles. The summed E-state index contributed by atoms with van der Waals surface area (Å²) in [6.07, 6.45) is -2.82. The number of alkyl halides is 3. The highest BCUT2D eigenvalue weighted by Crippen LogP contribution is 2.17. The molecule has 5 nitrogen and oxygen atoms in total. The minimum absolute atomic E-state index is 0.305. The van der Waals surface area contributed by atoms with Crippen molar-refractivity contribution >= 4 is 11.8 Å². The van der Waals surface area contributed by atoms with E-state index >= 15 is 0 Å². The lowest BCUT2D eigenvalue weighted by Gasteiger charge is -2.27. The van der Waals surface area contributed by atoms with Gasteiger partial charge >= 0.3 is 6.18 Å². The van der Waals surface area contributed by atoms with Gasteiger partial charge in [0.2, 0.25) is 11.8 Å². The Morgan fingerprint density at radius 1 is 1.25 bits per heavy atom. The molecule has 0 saturated heterocycles. The number of nitrogens with zero attached hydrogens (tertiary/aromatic N) is 2. The Labute approximate surface area is 116 Å². The van der Waals surface area contributed by atoms with Gasteiger partial charge in [-0.1, -0.05) is 19.8 Å². The lowest BCUT2D eigenvalue weighted by atomic mass is 10.1. The van der Waals surface area contributed by atoms with Gasteiger partial charge in [-0.2, -0.15) is 13.2 Å². The monoisotopic (exact) mass is 297 g/mol. The maximum atomic E-state index is 12.5. The van der Waals surface area contributed by atoms with Crippen LogP contribution in [0.3, 0.4) is 0 Å². The van der Waals surface area contributed by atoms with Crippen LogP contribution in [0.4, 0.5) is 13.2 Å². The predicted molar refractivity (Wildman–Crippen MR) is 68.8 cm³/mol. The summed E-state index contributed by atoms with van der Waals surface area (Å²) in [7, 11) is 2.82. The van der Waals surface area contributed by atoms with Crippen LogP contribution < -0.4 is 5.73 Å². The highest BCUT2D eigenvalue weighted by molar-refractivity contribution is 5.87. The average Bonchev–Trinajstić information content (AvgIpc) is 2.32. The first-order valence-corrected chi connectivity index (χ1v) is 6.39. The van der Waals surface area contributed by atoms with Crippen molar-refractivity contribution in [3.8, 4) is 0 Å². The minimum atomic E-state index is -4.56. The van der Waals surface area contributed by atoms with Crippen LogP contribution in [0.15, 0.2) is 0 Å². The summed E-state index contributed by atoms with van der Waals surface area (Å²) in [6.45, 7) is -0.198. The molecule has 1 atom stereocenters. The molecule has 0 bridgehead atoms. The van der Waals surface area contributed by atoms with Crippen LogP contribution >= 0.6 is 0 Å². The van der Waals surface area contributed by atoms with Crippen LogP contribution in [0.2, 0.25) is 0 Å². The molecule has 0 spiro atoms. The quantitative estimate of drug-likeness (QED) is 0.762. The highest BCUT2D eigenvalue weighted by atomic mass is 19.4. The first-order chi connectivity index (χ1) is 9.08. The van der Waals surface area contributed by atoms with E-state index in [0.29, 0.717) is 17.7 Å². The number of carbonyl (C=O) groups is 2. The third-order valence-corrected chi connectivity index (χ3v) is 2.69. The van der Waals surface area contributed by atoms with E-state index < -0.39 is 37.1 Å². The van der Waals surface area contributed by atoms with Gasteiger partial charge in [0.15, 0.2) is 0 Å². The van der Waals surface area contributed by atoms with Gasteiger partial charge in [-0.15, -0.1) is 0 Å². The van der Waals surface area contributed by atoms with Gasteiger partial charge in [0.05, 0.1) is 6.04 Å². The number of nitrogens with two attached hydrogens (primary N) is 1. The highest BCUT2D eigenvalue weighted by Gasteiger charge is 2.35. The summed E-state index contributed by atoms with van der Waals surface area (Å²) in [5.74, 6) is -1.42. The van der Waals surface area contributed by atoms with Gasteiger partial charge < -0.3 is 15.5 Å². The summed E-state index contributed by atoms with van der Waals surface area (Å²) < 4.78 is 37.4. The molecule has 0 aromatic carbocycles. The van der Waals surface area contributed by atoms with Gasteiger partial charge in [0.1, 0.15) is 13.1 Å². The van der Waals surface area contributed by atoms with Crippen molar-refractivity contribution in [1.82, 2.24) is 9.80 Å². The number of unbranched alkanes of at least 4 members (excludes halogenated alkanes) is 1. The SMILES string of the molecule is CCCC[C@H](N)C(=O)N(CC(=O)N(C)C)CC(F)(F)F. The van der Waals surface area contributed by atoms with Crippen molar-refractivity contribution in [2.75, 3.05) is 27.2 Å². The summed E-state index contributed by atoms with van der Waals surface area (Å²) in [5, 5.41) is 0. The largest absolute Gasteiger partial charge is 0.406 e. The van der Waals surface area contributed by atoms with Crippen molar-refractivity contribution in [2.24, 2.45) is 5.73 Å². The van der Waals surface area contributed by atoms with Crippen LogP contribution in [-0.2, 0) is 9.59 Å². The first kappa shape index (κ1) is 18.7. The van der Waals surface area contributed by atoms with E-state index in [2.05, 4.69) is 0 Å². The molecule has 0 aliphatic heterocycles. The van der Waals surface area contributed by atoms with Gasteiger partial charge in [-0.3, -0.25) is 9.59 Å². The predicted octanol–water partition coefficient (Wildman–Crippen LogP) is 0.983. The zero-order valence-electron chi connectivity index (χ0n) is 12.0. The topological polar surface area (TPSA) is 66.6 Å². The molecule has 118 valence electrons. The molecule has 20 heavy (non-hydrogen) atoms. The molecule has 2 amide bonds. The molecule has 0 aliphatic rings. The van der Waals surface area contributed by atoms with Crippen molar-refractivity contribution < 1.29 is 22.8 Å². The Kier molecular flexibility index (Phi) is 7.55. The van der Waals surface area contributed by atoms with Crippen LogP contribution in [0.25, 0.3) is 0 Å². The van der Waals surface area contributed by atoms with E-state index in [4.69, 9.17) is 5.73 Å². The van der Waals surface area contributed by atoms with Gasteiger partial charge in [0, 0.05) is 14.1 Å². The Bertz CT molecular complexity index is 332. The Balaban J connectivity index is 4.82. The second-order valence-electron chi connectivity index (χ2n) is 4.85. The molecule has 0 rings (SSSR count). The van der Waals surface area contributed by atoms with E-state index in [1.165, 1.54) is 14.1 Å². The summed E-state index contributed by atoms with van der Waals surface area (Å²) in [4.78, 5) is 25.0. The molecule has 8 heteroatoms. The van der Waals surface area contributed by atoms with E-state index in [1.807, 2.05) is 6.92 Å². The normalized spacial score (nSPS) is 12.9. The molecule has 0 fully saturated rings. The standard InChI is InChI=1S/C12H22F3N3O2/c1-4-5-6-9(16)11(20)18(8-12(13,14)15)7-10(19)17(2)3/h9H,4-8,16H2,1-3H3/t9-/m0/s1. The lowest BCUT2D eigenvalue weighted by Crippen LogP contribution is -2.50. The average molecular weight is 297 g/mol. The molecule has 0 aromatic heterocycles. The zero-order valence-corrected chi connectivity index (χ0v) is 12.0. The van der Waals surface area contributed by atoms with Crippen molar-refractivity contribution in [1.29, 1.82) is 0 Å². The first-order valence-electron chi connectivity index (χ1n) is 6.39. The Morgan fingerprint density at radius 3 is 2.20 bits per heavy atom. The smallest absolute Gasteiger partial charge is 0.347 e. The molecule has 2 N–H and O–H groups in total. The number of carbonyl (C=O) groups excluding carboxylic acids is 2. The van der Waals surface area contributed by atoms with E-state index in [0.717, 1.165) is 11.3 Å². The minimum Gasteiger partial charge on any atom is -0.347 e. The summed E-state index contributed by atoms with van der Waals surface area (Å²) in [5.41, 5.74) is 5.59.